The van der Waals surface area contributed by atoms with E-state index in [9.17, 15) is 0 Å². The van der Waals surface area contributed by atoms with Crippen molar-refractivity contribution in [1.29, 1.82) is 0 Å². The highest BCUT2D eigenvalue weighted by Gasteiger charge is 2.13. The summed E-state index contributed by atoms with van der Waals surface area (Å²) < 4.78 is 0. The molecule has 37 valence electrons. The van der Waals surface area contributed by atoms with Gasteiger partial charge in [-0.15, -0.1) is 9.24 Å². The molecule has 0 saturated heterocycles. The molecule has 1 saturated carbocycles. The second kappa shape index (κ2) is 2.67. The first-order valence-electron chi connectivity index (χ1n) is 2.34. The zero-order valence-corrected chi connectivity index (χ0v) is 5.25. The average molecular weight is 111 g/mol. The van der Waals surface area contributed by atoms with Gasteiger partial charge >= 0.3 is 0 Å². The third-order valence-electron chi connectivity index (χ3n) is 0.967. The molecule has 0 spiro atoms. The summed E-state index contributed by atoms with van der Waals surface area (Å²) in [7, 11) is 2.68. The third kappa shape index (κ3) is 1.42. The molecular weight excluding hydrogens is 103 g/mol. The molecule has 0 bridgehead atoms. The Hall–Kier alpha value is 0.430. The van der Waals surface area contributed by atoms with Crippen molar-refractivity contribution in [2.75, 3.05) is 6.16 Å². The summed E-state index contributed by atoms with van der Waals surface area (Å²) in [6, 6.07) is 0. The van der Waals surface area contributed by atoms with Crippen LogP contribution in [0.25, 0.3) is 0 Å². The standard InChI is InChI=1S/C6H8P/c7-5-6-3-1-2-4-6/h1-4H,5,7H2. The number of hydrogen-bond donors (Lipinski definition) is 0. The van der Waals surface area contributed by atoms with Crippen molar-refractivity contribution < 1.29 is 0 Å². The summed E-state index contributed by atoms with van der Waals surface area (Å²) >= 11 is 0. The van der Waals surface area contributed by atoms with Crippen LogP contribution in [0.3, 0.4) is 0 Å². The Bertz CT molecular complexity index is 46.1. The summed E-state index contributed by atoms with van der Waals surface area (Å²) in [6.07, 6.45) is 9.42. The molecule has 0 aromatic carbocycles. The van der Waals surface area contributed by atoms with Gasteiger partial charge in [0, 0.05) is 0 Å². The van der Waals surface area contributed by atoms with Gasteiger partial charge in [-0.1, -0.05) is 0 Å². The van der Waals surface area contributed by atoms with Crippen LogP contribution >= 0.6 is 9.24 Å². The molecule has 1 aliphatic carbocycles. The van der Waals surface area contributed by atoms with E-state index in [-0.39, 0.29) is 0 Å². The first-order valence-corrected chi connectivity index (χ1v) is 3.16. The minimum atomic E-state index is 1.08. The molecule has 0 aromatic heterocycles. The van der Waals surface area contributed by atoms with E-state index in [1.165, 1.54) is 5.92 Å². The largest absolute Gasteiger partial charge is 0.137 e. The lowest BCUT2D eigenvalue weighted by Crippen LogP contribution is -1.89. The lowest BCUT2D eigenvalue weighted by molar-refractivity contribution is 1.26. The lowest BCUT2D eigenvalue weighted by Gasteiger charge is -1.97. The molecule has 0 aromatic rings. The second-order valence-corrected chi connectivity index (χ2v) is 1.91. The fraction of sp³-hybridized carbons (Fsp3) is 0.167. The second-order valence-electron chi connectivity index (χ2n) is 1.50. The lowest BCUT2D eigenvalue weighted by atomic mass is 10.1. The van der Waals surface area contributed by atoms with Crippen LogP contribution in [0.1, 0.15) is 0 Å². The van der Waals surface area contributed by atoms with Crippen LogP contribution in [0.4, 0.5) is 0 Å². The van der Waals surface area contributed by atoms with Crippen LogP contribution in [-0.4, -0.2) is 6.16 Å². The highest BCUT2D eigenvalue weighted by Crippen LogP contribution is 2.23. The molecular formula is C6H8P. The predicted octanol–water partition coefficient (Wildman–Crippen LogP) is 1.27. The molecule has 0 heterocycles. The Morgan fingerprint density at radius 2 is 1.86 bits per heavy atom. The van der Waals surface area contributed by atoms with Crippen molar-refractivity contribution in [3.8, 4) is 0 Å². The van der Waals surface area contributed by atoms with Crippen LogP contribution in [0.2, 0.25) is 0 Å². The molecule has 1 unspecified atom stereocenters. The molecule has 0 nitrogen and oxygen atoms in total. The maximum Gasteiger partial charge on any atom is -0.0129 e. The van der Waals surface area contributed by atoms with Gasteiger partial charge in [0.1, 0.15) is 0 Å². The minimum Gasteiger partial charge on any atom is -0.137 e. The van der Waals surface area contributed by atoms with Gasteiger partial charge in [0.25, 0.3) is 0 Å². The van der Waals surface area contributed by atoms with E-state index in [1.807, 2.05) is 0 Å². The average Bonchev–Trinajstić information content (AvgIpc) is 2.14. The van der Waals surface area contributed by atoms with Crippen molar-refractivity contribution in [3.05, 3.63) is 31.6 Å². The van der Waals surface area contributed by atoms with Gasteiger partial charge in [0.05, 0.1) is 0 Å². The molecule has 1 rings (SSSR count). The fourth-order valence-corrected chi connectivity index (χ4v) is 0.822. The zero-order valence-electron chi connectivity index (χ0n) is 4.09. The molecule has 1 atom stereocenters. The zero-order chi connectivity index (χ0) is 5.11. The van der Waals surface area contributed by atoms with Crippen molar-refractivity contribution in [1.82, 2.24) is 0 Å². The van der Waals surface area contributed by atoms with Gasteiger partial charge in [-0.2, -0.15) is 0 Å². The molecule has 1 fully saturated rings. The summed E-state index contributed by atoms with van der Waals surface area (Å²) in [5, 5.41) is 0. The normalized spacial score (nSPS) is 23.6. The van der Waals surface area contributed by atoms with Crippen molar-refractivity contribution in [2.24, 2.45) is 0 Å². The molecule has 0 N–H and O–H groups in total. The van der Waals surface area contributed by atoms with Gasteiger partial charge in [0.15, 0.2) is 0 Å². The van der Waals surface area contributed by atoms with Crippen LogP contribution < -0.4 is 0 Å². The van der Waals surface area contributed by atoms with E-state index >= 15 is 0 Å². The van der Waals surface area contributed by atoms with Crippen LogP contribution in [-0.2, 0) is 0 Å². The molecule has 1 heteroatoms. The van der Waals surface area contributed by atoms with E-state index in [2.05, 4.69) is 34.9 Å². The Morgan fingerprint density at radius 1 is 1.29 bits per heavy atom. The highest BCUT2D eigenvalue weighted by atomic mass is 31.0. The molecule has 1 aliphatic rings. The van der Waals surface area contributed by atoms with E-state index in [0.717, 1.165) is 6.16 Å². The maximum atomic E-state index is 2.68. The highest BCUT2D eigenvalue weighted by molar-refractivity contribution is 7.16. The van der Waals surface area contributed by atoms with E-state index in [1.54, 1.807) is 0 Å². The number of rotatable bonds is 1. The fourth-order valence-electron chi connectivity index (χ4n) is 0.550. The van der Waals surface area contributed by atoms with E-state index in [4.69, 9.17) is 0 Å². The van der Waals surface area contributed by atoms with Gasteiger partial charge in [-0.3, -0.25) is 0 Å². The SMILES string of the molecule is PC[C]1[CH][CH][CH][CH]1. The molecule has 5 radical (unpaired) electrons. The maximum absolute atomic E-state index is 2.68. The van der Waals surface area contributed by atoms with Gasteiger partial charge in [0.2, 0.25) is 0 Å². The van der Waals surface area contributed by atoms with Gasteiger partial charge in [-0.25, -0.2) is 0 Å². The van der Waals surface area contributed by atoms with Crippen molar-refractivity contribution in [2.45, 2.75) is 0 Å². The van der Waals surface area contributed by atoms with E-state index in [0.29, 0.717) is 0 Å². The van der Waals surface area contributed by atoms with Gasteiger partial charge < -0.3 is 0 Å². The smallest absolute Gasteiger partial charge is 0.0129 e. The predicted molar refractivity (Wildman–Crippen MR) is 35.0 cm³/mol. The Balaban J connectivity index is 2.14. The van der Waals surface area contributed by atoms with Gasteiger partial charge in [-0.05, 0) is 37.8 Å². The summed E-state index contributed by atoms with van der Waals surface area (Å²) in [5.74, 6) is 1.39. The van der Waals surface area contributed by atoms with Crippen LogP contribution in [0.15, 0.2) is 0 Å². The third-order valence-corrected chi connectivity index (χ3v) is 1.44. The Morgan fingerprint density at radius 3 is 2.14 bits per heavy atom. The molecule has 7 heavy (non-hydrogen) atoms. The minimum absolute atomic E-state index is 1.08. The summed E-state index contributed by atoms with van der Waals surface area (Å²) in [5.41, 5.74) is 0. The first-order chi connectivity index (χ1) is 3.43. The van der Waals surface area contributed by atoms with Crippen LogP contribution in [0.5, 0.6) is 0 Å². The quantitative estimate of drug-likeness (QED) is 0.447. The topological polar surface area (TPSA) is 0 Å². The van der Waals surface area contributed by atoms with Crippen molar-refractivity contribution in [3.63, 3.8) is 0 Å². The summed E-state index contributed by atoms with van der Waals surface area (Å²) in [6.45, 7) is 0. The van der Waals surface area contributed by atoms with Crippen molar-refractivity contribution >= 4 is 9.24 Å². The van der Waals surface area contributed by atoms with E-state index < -0.39 is 0 Å². The summed E-state index contributed by atoms with van der Waals surface area (Å²) in [4.78, 5) is 0. The molecule has 0 aliphatic heterocycles. The monoisotopic (exact) mass is 111 g/mol. The number of hydrogen-bond acceptors (Lipinski definition) is 0. The van der Waals surface area contributed by atoms with Crippen LogP contribution in [0, 0.1) is 31.6 Å². The molecule has 0 amide bonds. The Kier molecular flexibility index (Phi) is 2.12. The first kappa shape index (κ1) is 5.56. The Labute approximate surface area is 47.9 Å².